The van der Waals surface area contributed by atoms with Gasteiger partial charge in [0.25, 0.3) is 0 Å². The Balaban J connectivity index is 1.38. The first-order chi connectivity index (χ1) is 16.9. The van der Waals surface area contributed by atoms with Crippen LogP contribution in [0.25, 0.3) is 10.8 Å². The van der Waals surface area contributed by atoms with Crippen LogP contribution in [-0.2, 0) is 19.4 Å². The van der Waals surface area contributed by atoms with Gasteiger partial charge < -0.3 is 4.74 Å². The smallest absolute Gasteiger partial charge is 0.134 e. The lowest BCUT2D eigenvalue weighted by molar-refractivity contribution is 0.218. The van der Waals surface area contributed by atoms with Gasteiger partial charge in [-0.1, -0.05) is 75.4 Å². The van der Waals surface area contributed by atoms with Crippen LogP contribution in [-0.4, -0.2) is 6.21 Å². The highest BCUT2D eigenvalue weighted by molar-refractivity contribution is 7.16. The molecule has 1 atom stereocenters. The van der Waals surface area contributed by atoms with Gasteiger partial charge in [-0.25, -0.2) is 4.99 Å². The minimum atomic E-state index is 0.276. The Morgan fingerprint density at radius 3 is 2.66 bits per heavy atom. The molecule has 176 valence electrons. The number of aliphatic imine (C=N–C) groups is 1. The fraction of sp³-hybridized carbons (Fsp3) is 0.290. The largest absolute Gasteiger partial charge is 0.488 e. The van der Waals surface area contributed by atoms with E-state index in [1.807, 2.05) is 30.5 Å². The lowest BCUT2D eigenvalue weighted by Crippen LogP contribution is -2.26. The summed E-state index contributed by atoms with van der Waals surface area (Å²) < 4.78 is 6.26. The number of benzene rings is 3. The summed E-state index contributed by atoms with van der Waals surface area (Å²) in [5.41, 5.74) is 4.31. The second kappa shape index (κ2) is 9.68. The van der Waals surface area contributed by atoms with Gasteiger partial charge in [-0.3, -0.25) is 0 Å². The fourth-order valence-electron chi connectivity index (χ4n) is 4.94. The monoisotopic (exact) mass is 478 g/mol. The van der Waals surface area contributed by atoms with Gasteiger partial charge in [-0.15, -0.1) is 11.3 Å². The third-order valence-electron chi connectivity index (χ3n) is 7.09. The molecule has 1 aliphatic rings. The van der Waals surface area contributed by atoms with Gasteiger partial charge >= 0.3 is 0 Å². The molecule has 3 nitrogen and oxygen atoms in total. The molecule has 0 fully saturated rings. The van der Waals surface area contributed by atoms with Crippen molar-refractivity contribution in [3.8, 4) is 11.8 Å². The molecule has 1 heterocycles. The molecule has 0 N–H and O–H groups in total. The van der Waals surface area contributed by atoms with Gasteiger partial charge in [0.05, 0.1) is 5.56 Å². The lowest BCUT2D eigenvalue weighted by Gasteiger charge is -2.33. The van der Waals surface area contributed by atoms with Crippen molar-refractivity contribution in [2.45, 2.75) is 46.6 Å². The summed E-state index contributed by atoms with van der Waals surface area (Å²) >= 11 is 1.68. The molecule has 0 saturated heterocycles. The molecule has 1 aromatic heterocycles. The van der Waals surface area contributed by atoms with E-state index in [2.05, 4.69) is 69.3 Å². The van der Waals surface area contributed by atoms with Crippen LogP contribution in [0.2, 0.25) is 0 Å². The molecule has 4 aromatic rings. The molecule has 5 rings (SSSR count). The Hall–Kier alpha value is -3.42. The molecule has 4 heteroatoms. The fourth-order valence-corrected chi connectivity index (χ4v) is 6.16. The molecule has 3 aromatic carbocycles. The Kier molecular flexibility index (Phi) is 6.45. The zero-order valence-corrected chi connectivity index (χ0v) is 21.4. The summed E-state index contributed by atoms with van der Waals surface area (Å²) in [4.78, 5) is 6.13. The number of hydrogen-bond donors (Lipinski definition) is 0. The lowest BCUT2D eigenvalue weighted by atomic mass is 9.72. The zero-order chi connectivity index (χ0) is 24.4. The number of nitriles is 1. The van der Waals surface area contributed by atoms with Gasteiger partial charge in [0, 0.05) is 16.7 Å². The van der Waals surface area contributed by atoms with Crippen LogP contribution in [0.4, 0.5) is 5.00 Å². The van der Waals surface area contributed by atoms with Crippen LogP contribution in [0.15, 0.2) is 71.7 Å². The van der Waals surface area contributed by atoms with Crippen molar-refractivity contribution >= 4 is 33.3 Å². The highest BCUT2D eigenvalue weighted by Crippen LogP contribution is 2.45. The average Bonchev–Trinajstić information content (AvgIpc) is 3.23. The van der Waals surface area contributed by atoms with Crippen LogP contribution in [0, 0.1) is 22.7 Å². The number of nitrogens with zero attached hydrogens (tertiary/aromatic N) is 2. The Bertz CT molecular complexity index is 1430. The maximum atomic E-state index is 9.90. The van der Waals surface area contributed by atoms with Gasteiger partial charge in [0.15, 0.2) is 0 Å². The molecule has 0 saturated carbocycles. The van der Waals surface area contributed by atoms with E-state index in [4.69, 9.17) is 9.73 Å². The van der Waals surface area contributed by atoms with E-state index in [1.165, 1.54) is 21.2 Å². The van der Waals surface area contributed by atoms with Gasteiger partial charge in [0.1, 0.15) is 23.4 Å². The quantitative estimate of drug-likeness (QED) is 0.271. The van der Waals surface area contributed by atoms with Crippen LogP contribution in [0.1, 0.15) is 54.3 Å². The van der Waals surface area contributed by atoms with E-state index < -0.39 is 0 Å². The highest BCUT2D eigenvalue weighted by Gasteiger charge is 2.32. The summed E-state index contributed by atoms with van der Waals surface area (Å²) in [6.07, 6.45) is 4.99. The summed E-state index contributed by atoms with van der Waals surface area (Å²) in [7, 11) is 0. The third-order valence-corrected chi connectivity index (χ3v) is 8.25. The summed E-state index contributed by atoms with van der Waals surface area (Å²) in [5, 5.41) is 13.1. The normalized spacial score (nSPS) is 15.8. The van der Waals surface area contributed by atoms with Gasteiger partial charge in [-0.2, -0.15) is 5.26 Å². The topological polar surface area (TPSA) is 45.4 Å². The molecular weight excluding hydrogens is 448 g/mol. The summed E-state index contributed by atoms with van der Waals surface area (Å²) in [5.74, 6) is 1.43. The molecule has 0 aliphatic heterocycles. The maximum Gasteiger partial charge on any atom is 0.134 e. The molecule has 0 radical (unpaired) electrons. The average molecular weight is 479 g/mol. The minimum absolute atomic E-state index is 0.276. The molecule has 35 heavy (non-hydrogen) atoms. The van der Waals surface area contributed by atoms with Crippen molar-refractivity contribution in [3.05, 3.63) is 93.9 Å². The number of fused-ring (bicyclic) bond motifs is 2. The Morgan fingerprint density at radius 1 is 1.06 bits per heavy atom. The van der Waals surface area contributed by atoms with Crippen LogP contribution >= 0.6 is 11.3 Å². The minimum Gasteiger partial charge on any atom is -0.488 e. The number of rotatable bonds is 5. The van der Waals surface area contributed by atoms with Crippen LogP contribution in [0.3, 0.4) is 0 Å². The SMILES string of the molecule is CC(C)(C)[C@@H]1CCc2c(sc(N=Cc3ccccc3OCc3cccc4ccccc34)c2C#N)C1. The number of hydrogen-bond acceptors (Lipinski definition) is 4. The van der Waals surface area contributed by atoms with Gasteiger partial charge in [-0.05, 0) is 64.6 Å². The van der Waals surface area contributed by atoms with E-state index in [-0.39, 0.29) is 5.41 Å². The van der Waals surface area contributed by atoms with E-state index in [1.54, 1.807) is 11.3 Å². The van der Waals surface area contributed by atoms with E-state index in [9.17, 15) is 5.26 Å². The second-order valence-corrected chi connectivity index (χ2v) is 11.4. The van der Waals surface area contributed by atoms with Crippen molar-refractivity contribution in [3.63, 3.8) is 0 Å². The standard InChI is InChI=1S/C31H30N2OS/c1-31(2,3)24-15-16-26-27(18-32)30(35-29(26)17-24)33-19-22-10-5-7-14-28(22)34-20-23-12-8-11-21-9-4-6-13-25(21)23/h4-14,19,24H,15-17,20H2,1-3H3/t24-/m1/s1. The summed E-state index contributed by atoms with van der Waals surface area (Å²) in [6.45, 7) is 7.43. The molecule has 1 aliphatic carbocycles. The molecule has 0 spiro atoms. The van der Waals surface area contributed by atoms with Crippen molar-refractivity contribution in [2.75, 3.05) is 0 Å². The van der Waals surface area contributed by atoms with Crippen molar-refractivity contribution in [1.82, 2.24) is 0 Å². The van der Waals surface area contributed by atoms with Crippen LogP contribution in [0.5, 0.6) is 5.75 Å². The van der Waals surface area contributed by atoms with E-state index in [0.717, 1.165) is 46.7 Å². The molecule has 0 bridgehead atoms. The molecule has 0 unspecified atom stereocenters. The maximum absolute atomic E-state index is 9.90. The van der Waals surface area contributed by atoms with Crippen molar-refractivity contribution in [2.24, 2.45) is 16.3 Å². The van der Waals surface area contributed by atoms with Crippen LogP contribution < -0.4 is 4.74 Å². The molecule has 0 amide bonds. The van der Waals surface area contributed by atoms with E-state index >= 15 is 0 Å². The second-order valence-electron chi connectivity index (χ2n) is 10.3. The predicted molar refractivity (Wildman–Crippen MR) is 146 cm³/mol. The third kappa shape index (κ3) is 4.88. The number of para-hydroxylation sites is 1. The Morgan fingerprint density at radius 2 is 1.83 bits per heavy atom. The van der Waals surface area contributed by atoms with Crippen molar-refractivity contribution < 1.29 is 4.74 Å². The zero-order valence-electron chi connectivity index (χ0n) is 20.5. The van der Waals surface area contributed by atoms with E-state index in [0.29, 0.717) is 12.5 Å². The number of ether oxygens (including phenoxy) is 1. The number of thiophene rings is 1. The van der Waals surface area contributed by atoms with Crippen molar-refractivity contribution in [1.29, 1.82) is 5.26 Å². The first-order valence-electron chi connectivity index (χ1n) is 12.2. The first-order valence-corrected chi connectivity index (χ1v) is 13.0. The first kappa shape index (κ1) is 23.3. The Labute approximate surface area is 211 Å². The predicted octanol–water partition coefficient (Wildman–Crippen LogP) is 8.25. The summed E-state index contributed by atoms with van der Waals surface area (Å²) in [6, 6.07) is 25.1. The molecular formula is C31H30N2OS. The van der Waals surface area contributed by atoms with Gasteiger partial charge in [0.2, 0.25) is 0 Å². The highest BCUT2D eigenvalue weighted by atomic mass is 32.1.